The van der Waals surface area contributed by atoms with Crippen molar-refractivity contribution in [2.45, 2.75) is 67.6 Å². The molecule has 0 saturated carbocycles. The number of carbonyl (C=O) groups is 1. The summed E-state index contributed by atoms with van der Waals surface area (Å²) in [5.74, 6) is -34.2. The van der Waals surface area contributed by atoms with Crippen LogP contribution in [0, 0.1) is 0 Å². The van der Waals surface area contributed by atoms with Crippen LogP contribution in [0.5, 0.6) is 0 Å². The lowest BCUT2D eigenvalue weighted by Crippen LogP contribution is -2.75. The van der Waals surface area contributed by atoms with Crippen molar-refractivity contribution in [1.29, 1.82) is 0 Å². The van der Waals surface area contributed by atoms with Gasteiger partial charge in [0.2, 0.25) is 0 Å². The number of allylic oxidation sites excluding steroid dienone is 1. The summed E-state index contributed by atoms with van der Waals surface area (Å²) in [6.45, 7) is 0.899. The van der Waals surface area contributed by atoms with Crippen LogP contribution >= 0.6 is 0 Å². The third-order valence-electron chi connectivity index (χ3n) is 3.88. The molecule has 0 fully saturated rings. The van der Waals surface area contributed by atoms with Gasteiger partial charge in [0, 0.05) is 11.6 Å². The highest BCUT2D eigenvalue weighted by molar-refractivity contribution is 5.86. The maximum atomic E-state index is 13.7. The largest absolute Gasteiger partial charge is 0.478 e. The van der Waals surface area contributed by atoms with E-state index in [0.29, 0.717) is 0 Å². The Morgan fingerprint density at radius 2 is 1.12 bits per heavy atom. The second-order valence-electron chi connectivity index (χ2n) is 6.36. The van der Waals surface area contributed by atoms with Crippen molar-refractivity contribution in [1.82, 2.24) is 0 Å². The molecule has 0 radical (unpaired) electrons. The van der Waals surface area contributed by atoms with Gasteiger partial charge < -0.3 is 10.2 Å². The molecule has 190 valence electrons. The molecule has 0 bridgehead atoms. The number of alkyl halides is 15. The van der Waals surface area contributed by atoms with Gasteiger partial charge in [-0.15, -0.1) is 0 Å². The van der Waals surface area contributed by atoms with E-state index in [2.05, 4.69) is 0 Å². The van der Waals surface area contributed by atoms with Crippen LogP contribution in [0.25, 0.3) is 0 Å². The Hall–Kier alpha value is -1.88. The van der Waals surface area contributed by atoms with Gasteiger partial charge in [-0.1, -0.05) is 0 Å². The Morgan fingerprint density at radius 3 is 1.41 bits per heavy atom. The van der Waals surface area contributed by atoms with E-state index in [1.54, 1.807) is 0 Å². The Bertz CT molecular complexity index is 704. The zero-order valence-electron chi connectivity index (χ0n) is 15.0. The van der Waals surface area contributed by atoms with E-state index in [-0.39, 0.29) is 0 Å². The molecular weight excluding hydrogens is 501 g/mol. The van der Waals surface area contributed by atoms with E-state index in [0.717, 1.165) is 6.92 Å². The molecule has 0 aromatic heterocycles. The van der Waals surface area contributed by atoms with Crippen molar-refractivity contribution < 1.29 is 80.9 Å². The quantitative estimate of drug-likeness (QED) is 0.316. The first kappa shape index (κ1) is 30.1. The minimum Gasteiger partial charge on any atom is -0.478 e. The van der Waals surface area contributed by atoms with Crippen molar-refractivity contribution in [3.8, 4) is 0 Å². The van der Waals surface area contributed by atoms with Crippen LogP contribution in [0.1, 0.15) is 19.8 Å². The number of hydrogen-bond acceptors (Lipinski definition) is 2. The van der Waals surface area contributed by atoms with E-state index in [4.69, 9.17) is 10.2 Å². The molecule has 0 spiro atoms. The van der Waals surface area contributed by atoms with Crippen LogP contribution in [0.3, 0.4) is 0 Å². The van der Waals surface area contributed by atoms with Gasteiger partial charge in [0.25, 0.3) is 0 Å². The summed E-state index contributed by atoms with van der Waals surface area (Å²) in [7, 11) is 0. The highest BCUT2D eigenvalue weighted by Crippen LogP contribution is 2.63. The summed E-state index contributed by atoms with van der Waals surface area (Å²) in [4.78, 5) is 10.8. The molecule has 0 aromatic rings. The molecule has 1 unspecified atom stereocenters. The zero-order chi connectivity index (χ0) is 26.4. The summed E-state index contributed by atoms with van der Waals surface area (Å²) in [5.41, 5.74) is -10.4. The fourth-order valence-corrected chi connectivity index (χ4v) is 2.05. The van der Waals surface area contributed by atoms with Crippen LogP contribution in [0.15, 0.2) is 11.6 Å². The third-order valence-corrected chi connectivity index (χ3v) is 3.88. The highest BCUT2D eigenvalue weighted by Gasteiger charge is 2.95. The second-order valence-corrected chi connectivity index (χ2v) is 6.36. The molecule has 0 aliphatic carbocycles. The van der Waals surface area contributed by atoms with E-state index in [1.807, 2.05) is 0 Å². The summed E-state index contributed by atoms with van der Waals surface area (Å²) in [6, 6.07) is 0. The number of rotatable bonds is 9. The molecule has 1 atom stereocenters. The molecule has 3 nitrogen and oxygen atoms in total. The zero-order valence-corrected chi connectivity index (χ0v) is 15.0. The first-order valence-electron chi connectivity index (χ1n) is 7.69. The number of carboxylic acid groups (broad SMARTS) is 1. The second kappa shape index (κ2) is 8.48. The molecule has 0 aromatic carbocycles. The van der Waals surface area contributed by atoms with Gasteiger partial charge in [-0.05, 0) is 19.8 Å². The lowest BCUT2D eigenvalue weighted by atomic mass is 9.85. The molecule has 18 heteroatoms. The monoisotopic (exact) mass is 512 g/mol. The summed E-state index contributed by atoms with van der Waals surface area (Å²) in [6.07, 6.45) is -21.3. The molecule has 2 N–H and O–H groups in total. The van der Waals surface area contributed by atoms with Crippen molar-refractivity contribution in [3.63, 3.8) is 0 Å². The smallest absolute Gasteiger partial charge is 0.438 e. The number of hydrogen-bond donors (Lipinski definition) is 2. The molecular formula is C14H11F15O3. The number of aliphatic carboxylic acids is 1. The maximum absolute atomic E-state index is 13.7. The standard InChI is InChI=1S/C14H11F15O3/c1-5(30)2-3-6(7(31)32)4-8(15,16)10(18,19)12(22,23)11(20,21)9(17,13(24,25)26)14(27,28)29/h4-5,30H,2-3H2,1H3,(H,31,32). The third kappa shape index (κ3) is 4.73. The molecule has 32 heavy (non-hydrogen) atoms. The summed E-state index contributed by atoms with van der Waals surface area (Å²) >= 11 is 0. The topological polar surface area (TPSA) is 57.5 Å². The number of halogens is 15. The summed E-state index contributed by atoms with van der Waals surface area (Å²) < 4.78 is 196. The Balaban J connectivity index is 6.81. The van der Waals surface area contributed by atoms with E-state index in [1.165, 1.54) is 0 Å². The lowest BCUT2D eigenvalue weighted by molar-refractivity contribution is -0.454. The number of aliphatic hydroxyl groups excluding tert-OH is 1. The SMILES string of the molecule is CC(O)CCC(=CC(F)(F)C(F)(F)C(F)(F)C(F)(F)C(F)(C(F)(F)F)C(F)(F)F)C(=O)O. The molecule has 0 aliphatic heterocycles. The van der Waals surface area contributed by atoms with Gasteiger partial charge in [-0.2, -0.15) is 61.5 Å². The van der Waals surface area contributed by atoms with Gasteiger partial charge >= 0.3 is 47.7 Å². The fourth-order valence-electron chi connectivity index (χ4n) is 2.05. The Kier molecular flexibility index (Phi) is 7.98. The van der Waals surface area contributed by atoms with Crippen LogP contribution in [0.4, 0.5) is 65.9 Å². The van der Waals surface area contributed by atoms with E-state index in [9.17, 15) is 70.7 Å². The minimum atomic E-state index is -8.57. The average molecular weight is 512 g/mol. The summed E-state index contributed by atoms with van der Waals surface area (Å²) in [5, 5.41) is 17.5. The van der Waals surface area contributed by atoms with Gasteiger partial charge in [0.1, 0.15) is 0 Å². The predicted molar refractivity (Wildman–Crippen MR) is 72.4 cm³/mol. The fraction of sp³-hybridized carbons (Fsp3) is 0.786. The van der Waals surface area contributed by atoms with E-state index < -0.39 is 78.3 Å². The average Bonchev–Trinajstić information content (AvgIpc) is 2.54. The highest BCUT2D eigenvalue weighted by atomic mass is 19.4. The molecule has 0 amide bonds. The molecule has 0 rings (SSSR count). The number of carboxylic acids is 1. The van der Waals surface area contributed by atoms with Crippen molar-refractivity contribution >= 4 is 5.97 Å². The van der Waals surface area contributed by atoms with Crippen molar-refractivity contribution in [2.75, 3.05) is 0 Å². The van der Waals surface area contributed by atoms with Crippen molar-refractivity contribution in [2.24, 2.45) is 0 Å². The van der Waals surface area contributed by atoms with E-state index >= 15 is 0 Å². The van der Waals surface area contributed by atoms with Crippen LogP contribution in [-0.2, 0) is 4.79 Å². The van der Waals surface area contributed by atoms with Crippen LogP contribution < -0.4 is 0 Å². The lowest BCUT2D eigenvalue weighted by Gasteiger charge is -2.42. The normalized spacial score (nSPS) is 16.8. The van der Waals surface area contributed by atoms with Gasteiger partial charge in [0.15, 0.2) is 0 Å². The van der Waals surface area contributed by atoms with Gasteiger partial charge in [-0.25, -0.2) is 9.18 Å². The first-order chi connectivity index (χ1) is 13.7. The van der Waals surface area contributed by atoms with Crippen molar-refractivity contribution in [3.05, 3.63) is 11.6 Å². The molecule has 0 heterocycles. The predicted octanol–water partition coefficient (Wildman–Crippen LogP) is 5.53. The Morgan fingerprint density at radius 1 is 0.750 bits per heavy atom. The van der Waals surface area contributed by atoms with Gasteiger partial charge in [0.05, 0.1) is 6.10 Å². The minimum absolute atomic E-state index is 0.817. The van der Waals surface area contributed by atoms with Gasteiger partial charge in [-0.3, -0.25) is 0 Å². The number of aliphatic hydroxyl groups is 1. The van der Waals surface area contributed by atoms with Crippen LogP contribution in [-0.4, -0.2) is 64.0 Å². The molecule has 0 saturated heterocycles. The first-order valence-corrected chi connectivity index (χ1v) is 7.69. The Labute approximate surface area is 167 Å². The molecule has 0 aliphatic rings. The maximum Gasteiger partial charge on any atom is 0.438 e. The van der Waals surface area contributed by atoms with Crippen LogP contribution in [0.2, 0.25) is 0 Å².